The van der Waals surface area contributed by atoms with E-state index < -0.39 is 10.1 Å². The number of rotatable bonds is 5. The van der Waals surface area contributed by atoms with E-state index in [4.69, 9.17) is 25.6 Å². The third kappa shape index (κ3) is 4.66. The predicted octanol–water partition coefficient (Wildman–Crippen LogP) is 3.66. The van der Waals surface area contributed by atoms with Gasteiger partial charge < -0.3 is 9.47 Å². The van der Waals surface area contributed by atoms with Crippen LogP contribution in [-0.2, 0) is 10.1 Å². The van der Waals surface area contributed by atoms with Crippen molar-refractivity contribution >= 4 is 21.7 Å². The highest BCUT2D eigenvalue weighted by Gasteiger charge is 2.12. The number of aromatic nitrogens is 3. The second-order valence-corrected chi connectivity index (χ2v) is 6.89. The molecule has 1 heterocycles. The number of ether oxygens (including phenoxy) is 2. The molecule has 0 spiro atoms. The molecule has 0 saturated heterocycles. The Morgan fingerprint density at radius 2 is 1.31 bits per heavy atom. The maximum atomic E-state index is 11.0. The lowest BCUT2D eigenvalue weighted by molar-refractivity contribution is 0.397. The standard InChI is InChI=1S/C16H12ClN3O5S/c1-10-2-4-11(5-3-10)24-15-18-14(17)19-16(20-15)25-12-6-8-13(9-7-12)26(21,22)23/h2-9H,1H3,(H,21,22,23). The van der Waals surface area contributed by atoms with Gasteiger partial charge in [0.05, 0.1) is 4.90 Å². The quantitative estimate of drug-likeness (QED) is 0.653. The van der Waals surface area contributed by atoms with Gasteiger partial charge in [-0.05, 0) is 54.9 Å². The maximum absolute atomic E-state index is 11.0. The molecule has 2 aromatic carbocycles. The van der Waals surface area contributed by atoms with E-state index in [-0.39, 0.29) is 27.9 Å². The van der Waals surface area contributed by atoms with Crippen molar-refractivity contribution in [1.29, 1.82) is 0 Å². The summed E-state index contributed by atoms with van der Waals surface area (Å²) in [6.07, 6.45) is 0. The van der Waals surface area contributed by atoms with Crippen molar-refractivity contribution in [2.75, 3.05) is 0 Å². The minimum atomic E-state index is -4.28. The highest BCUT2D eigenvalue weighted by Crippen LogP contribution is 2.24. The third-order valence-corrected chi connectivity index (χ3v) is 4.16. The van der Waals surface area contributed by atoms with E-state index in [1.165, 1.54) is 24.3 Å². The van der Waals surface area contributed by atoms with Gasteiger partial charge >= 0.3 is 12.0 Å². The van der Waals surface area contributed by atoms with Crippen molar-refractivity contribution in [3.8, 4) is 23.5 Å². The Kier molecular flexibility index (Phi) is 5.03. The summed E-state index contributed by atoms with van der Waals surface area (Å²) in [4.78, 5) is 11.4. The third-order valence-electron chi connectivity index (χ3n) is 3.13. The van der Waals surface area contributed by atoms with Crippen LogP contribution < -0.4 is 9.47 Å². The zero-order valence-corrected chi connectivity index (χ0v) is 14.9. The number of benzene rings is 2. The number of halogens is 1. The van der Waals surface area contributed by atoms with Gasteiger partial charge in [-0.2, -0.15) is 18.4 Å². The Hall–Kier alpha value is -2.75. The summed E-state index contributed by atoms with van der Waals surface area (Å²) in [5.41, 5.74) is 1.07. The van der Waals surface area contributed by atoms with E-state index in [2.05, 4.69) is 15.0 Å². The molecular weight excluding hydrogens is 382 g/mol. The molecule has 1 N–H and O–H groups in total. The van der Waals surface area contributed by atoms with Crippen LogP contribution in [0.15, 0.2) is 53.4 Å². The summed E-state index contributed by atoms with van der Waals surface area (Å²) in [6, 6.07) is 12.1. The van der Waals surface area contributed by atoms with Crippen LogP contribution >= 0.6 is 11.6 Å². The smallest absolute Gasteiger partial charge is 0.329 e. The van der Waals surface area contributed by atoms with Gasteiger partial charge in [0.1, 0.15) is 11.5 Å². The molecule has 1 aromatic heterocycles. The maximum Gasteiger partial charge on any atom is 0.329 e. The number of aryl methyl sites for hydroxylation is 1. The molecule has 3 aromatic rings. The van der Waals surface area contributed by atoms with E-state index in [9.17, 15) is 8.42 Å². The van der Waals surface area contributed by atoms with E-state index in [0.29, 0.717) is 5.75 Å². The molecule has 0 amide bonds. The molecule has 10 heteroatoms. The Bertz CT molecular complexity index is 1020. The highest BCUT2D eigenvalue weighted by molar-refractivity contribution is 7.85. The fraction of sp³-hybridized carbons (Fsp3) is 0.0625. The highest BCUT2D eigenvalue weighted by atomic mass is 35.5. The lowest BCUT2D eigenvalue weighted by atomic mass is 10.2. The number of nitrogens with zero attached hydrogens (tertiary/aromatic N) is 3. The largest absolute Gasteiger partial charge is 0.424 e. The fourth-order valence-electron chi connectivity index (χ4n) is 1.90. The molecule has 0 radical (unpaired) electrons. The van der Waals surface area contributed by atoms with Crippen LogP contribution in [0.1, 0.15) is 5.56 Å². The lowest BCUT2D eigenvalue weighted by Crippen LogP contribution is -2.00. The number of hydrogen-bond donors (Lipinski definition) is 1. The second kappa shape index (κ2) is 7.24. The van der Waals surface area contributed by atoms with Crippen molar-refractivity contribution < 1.29 is 22.4 Å². The normalized spacial score (nSPS) is 11.2. The van der Waals surface area contributed by atoms with Crippen LogP contribution in [0.4, 0.5) is 0 Å². The van der Waals surface area contributed by atoms with Gasteiger partial charge in [0.15, 0.2) is 0 Å². The average Bonchev–Trinajstić information content (AvgIpc) is 2.56. The van der Waals surface area contributed by atoms with Crippen molar-refractivity contribution in [3.05, 3.63) is 59.4 Å². The molecule has 0 aliphatic carbocycles. The summed E-state index contributed by atoms with van der Waals surface area (Å²) < 4.78 is 42.0. The Morgan fingerprint density at radius 3 is 1.77 bits per heavy atom. The van der Waals surface area contributed by atoms with Crippen LogP contribution in [0.25, 0.3) is 0 Å². The fourth-order valence-corrected chi connectivity index (χ4v) is 2.53. The van der Waals surface area contributed by atoms with Gasteiger partial charge in [-0.15, -0.1) is 4.98 Å². The number of hydrogen-bond acceptors (Lipinski definition) is 7. The first-order valence-electron chi connectivity index (χ1n) is 7.21. The Morgan fingerprint density at radius 1 is 0.846 bits per heavy atom. The molecule has 26 heavy (non-hydrogen) atoms. The topological polar surface area (TPSA) is 112 Å². The van der Waals surface area contributed by atoms with E-state index in [0.717, 1.165) is 5.56 Å². The van der Waals surface area contributed by atoms with Crippen molar-refractivity contribution in [1.82, 2.24) is 15.0 Å². The van der Waals surface area contributed by atoms with Gasteiger partial charge in [0.2, 0.25) is 5.28 Å². The monoisotopic (exact) mass is 393 g/mol. The summed E-state index contributed by atoms with van der Waals surface area (Å²) >= 11 is 5.86. The summed E-state index contributed by atoms with van der Waals surface area (Å²) in [7, 11) is -4.28. The minimum absolute atomic E-state index is 0.0570. The van der Waals surface area contributed by atoms with Gasteiger partial charge in [-0.1, -0.05) is 17.7 Å². The van der Waals surface area contributed by atoms with Crippen LogP contribution in [-0.4, -0.2) is 27.9 Å². The molecule has 3 rings (SSSR count). The van der Waals surface area contributed by atoms with Gasteiger partial charge in [0.25, 0.3) is 10.1 Å². The molecule has 0 fully saturated rings. The van der Waals surface area contributed by atoms with Crippen molar-refractivity contribution in [2.24, 2.45) is 0 Å². The van der Waals surface area contributed by atoms with E-state index >= 15 is 0 Å². The molecule has 0 unspecified atom stereocenters. The minimum Gasteiger partial charge on any atom is -0.424 e. The lowest BCUT2D eigenvalue weighted by Gasteiger charge is -2.07. The van der Waals surface area contributed by atoms with Crippen LogP contribution in [0.2, 0.25) is 5.28 Å². The van der Waals surface area contributed by atoms with Crippen LogP contribution in [0.3, 0.4) is 0 Å². The molecule has 0 aliphatic rings. The molecule has 0 atom stereocenters. The van der Waals surface area contributed by atoms with Crippen LogP contribution in [0, 0.1) is 6.92 Å². The summed E-state index contributed by atoms with van der Waals surface area (Å²) in [5, 5.41) is -0.133. The molecular formula is C16H12ClN3O5S. The average molecular weight is 394 g/mol. The van der Waals surface area contributed by atoms with Crippen molar-refractivity contribution in [3.63, 3.8) is 0 Å². The Balaban J connectivity index is 1.80. The molecule has 0 saturated carbocycles. The first kappa shape index (κ1) is 18.1. The molecule has 134 valence electrons. The van der Waals surface area contributed by atoms with Gasteiger partial charge in [-0.3, -0.25) is 4.55 Å². The van der Waals surface area contributed by atoms with E-state index in [1.54, 1.807) is 12.1 Å². The van der Waals surface area contributed by atoms with E-state index in [1.807, 2.05) is 19.1 Å². The van der Waals surface area contributed by atoms with Crippen LogP contribution in [0.5, 0.6) is 23.5 Å². The predicted molar refractivity (Wildman–Crippen MR) is 92.4 cm³/mol. The van der Waals surface area contributed by atoms with Gasteiger partial charge in [0, 0.05) is 0 Å². The molecule has 8 nitrogen and oxygen atoms in total. The zero-order valence-electron chi connectivity index (χ0n) is 13.3. The first-order chi connectivity index (χ1) is 12.3. The summed E-state index contributed by atoms with van der Waals surface area (Å²) in [5.74, 6) is 0.752. The Labute approximate surface area is 154 Å². The molecule has 0 aliphatic heterocycles. The van der Waals surface area contributed by atoms with Crippen molar-refractivity contribution in [2.45, 2.75) is 11.8 Å². The SMILES string of the molecule is Cc1ccc(Oc2nc(Cl)nc(Oc3ccc(S(=O)(=O)O)cc3)n2)cc1. The van der Waals surface area contributed by atoms with Gasteiger partial charge in [-0.25, -0.2) is 0 Å². The summed E-state index contributed by atoms with van der Waals surface area (Å²) in [6.45, 7) is 1.95. The first-order valence-corrected chi connectivity index (χ1v) is 9.03. The zero-order chi connectivity index (χ0) is 18.7. The second-order valence-electron chi connectivity index (χ2n) is 5.13. The molecule has 0 bridgehead atoms.